The molecule has 0 unspecified atom stereocenters. The van der Waals surface area contributed by atoms with Crippen LogP contribution in [0.2, 0.25) is 0 Å². The molecule has 0 saturated heterocycles. The zero-order valence-corrected chi connectivity index (χ0v) is 12.7. The van der Waals surface area contributed by atoms with Gasteiger partial charge in [0.25, 0.3) is 5.91 Å². The summed E-state index contributed by atoms with van der Waals surface area (Å²) in [7, 11) is 0. The topological polar surface area (TPSA) is 49.3 Å². The van der Waals surface area contributed by atoms with Gasteiger partial charge in [-0.3, -0.25) is 4.79 Å². The number of hydrogen-bond donors (Lipinski definition) is 2. The van der Waals surface area contributed by atoms with Crippen molar-refractivity contribution in [3.63, 3.8) is 0 Å². The zero-order chi connectivity index (χ0) is 14.0. The molecule has 2 aliphatic carbocycles. The molecule has 20 heavy (non-hydrogen) atoms. The van der Waals surface area contributed by atoms with Crippen LogP contribution in [0.15, 0.2) is 5.38 Å². The van der Waals surface area contributed by atoms with E-state index in [1.165, 1.54) is 29.7 Å². The third-order valence-corrected chi connectivity index (χ3v) is 5.89. The molecule has 3 rings (SSSR count). The second kappa shape index (κ2) is 5.86. The monoisotopic (exact) mass is 293 g/mol. The Balaban J connectivity index is 1.77. The molecule has 0 spiro atoms. The molecule has 2 aliphatic rings. The maximum absolute atomic E-state index is 12.6. The second-order valence-electron chi connectivity index (χ2n) is 6.21. The molecule has 0 atom stereocenters. The molecule has 2 N–H and O–H groups in total. The molecule has 0 aromatic carbocycles. The van der Waals surface area contributed by atoms with Crippen molar-refractivity contribution < 1.29 is 9.90 Å². The quantitative estimate of drug-likeness (QED) is 0.900. The number of nitrogens with one attached hydrogen (secondary N) is 1. The van der Waals surface area contributed by atoms with E-state index in [-0.39, 0.29) is 18.1 Å². The second-order valence-corrected chi connectivity index (χ2v) is 7.18. The van der Waals surface area contributed by atoms with Gasteiger partial charge in [0.2, 0.25) is 0 Å². The highest BCUT2D eigenvalue weighted by Crippen LogP contribution is 2.32. The fraction of sp³-hybridized carbons (Fsp3) is 0.688. The summed E-state index contributed by atoms with van der Waals surface area (Å²) in [6, 6.07) is 0. The van der Waals surface area contributed by atoms with Gasteiger partial charge >= 0.3 is 0 Å². The maximum Gasteiger partial charge on any atom is 0.252 e. The van der Waals surface area contributed by atoms with Crippen LogP contribution in [0.1, 0.15) is 65.7 Å². The third-order valence-electron chi connectivity index (χ3n) is 4.80. The van der Waals surface area contributed by atoms with Gasteiger partial charge in [-0.15, -0.1) is 11.3 Å². The van der Waals surface area contributed by atoms with Gasteiger partial charge in [-0.1, -0.05) is 19.3 Å². The van der Waals surface area contributed by atoms with E-state index in [1.54, 1.807) is 11.3 Å². The summed E-state index contributed by atoms with van der Waals surface area (Å²) in [6.07, 6.45) is 9.82. The van der Waals surface area contributed by atoms with Crippen LogP contribution in [-0.2, 0) is 12.8 Å². The molecule has 0 bridgehead atoms. The van der Waals surface area contributed by atoms with E-state index in [0.29, 0.717) is 0 Å². The first-order valence-electron chi connectivity index (χ1n) is 7.77. The average molecular weight is 293 g/mol. The van der Waals surface area contributed by atoms with Gasteiger partial charge in [-0.2, -0.15) is 0 Å². The van der Waals surface area contributed by atoms with Gasteiger partial charge in [-0.25, -0.2) is 0 Å². The van der Waals surface area contributed by atoms with Crippen molar-refractivity contribution in [2.75, 3.05) is 6.61 Å². The van der Waals surface area contributed by atoms with Gasteiger partial charge in [0.1, 0.15) is 0 Å². The van der Waals surface area contributed by atoms with Crippen LogP contribution in [0.4, 0.5) is 0 Å². The van der Waals surface area contributed by atoms with Crippen LogP contribution in [0, 0.1) is 0 Å². The number of rotatable bonds is 3. The molecule has 1 aromatic rings. The highest BCUT2D eigenvalue weighted by molar-refractivity contribution is 7.10. The summed E-state index contributed by atoms with van der Waals surface area (Å²) in [5, 5.41) is 14.9. The zero-order valence-electron chi connectivity index (χ0n) is 11.9. The summed E-state index contributed by atoms with van der Waals surface area (Å²) in [5.74, 6) is 0.0281. The minimum atomic E-state index is -0.376. The third kappa shape index (κ3) is 2.63. The van der Waals surface area contributed by atoms with E-state index in [0.717, 1.165) is 44.1 Å². The standard InChI is InChI=1S/C16H23NO2S/c18-11-16(8-4-1-5-9-16)17-15(19)13-10-20-14-7-3-2-6-12(13)14/h10,18H,1-9,11H2,(H,17,19). The Morgan fingerprint density at radius 2 is 1.95 bits per heavy atom. The molecular weight excluding hydrogens is 270 g/mol. The number of thiophene rings is 1. The molecule has 1 amide bonds. The molecule has 1 aromatic heterocycles. The minimum absolute atomic E-state index is 0.0281. The smallest absolute Gasteiger partial charge is 0.252 e. The van der Waals surface area contributed by atoms with Crippen molar-refractivity contribution in [2.45, 2.75) is 63.3 Å². The Bertz CT molecular complexity index is 489. The normalized spacial score (nSPS) is 21.2. The summed E-state index contributed by atoms with van der Waals surface area (Å²) >= 11 is 1.73. The van der Waals surface area contributed by atoms with Crippen LogP contribution >= 0.6 is 11.3 Å². The first kappa shape index (κ1) is 14.1. The Hall–Kier alpha value is -0.870. The van der Waals surface area contributed by atoms with Crippen molar-refractivity contribution in [3.05, 3.63) is 21.4 Å². The maximum atomic E-state index is 12.6. The molecule has 0 radical (unpaired) electrons. The first-order chi connectivity index (χ1) is 9.74. The van der Waals surface area contributed by atoms with Crippen molar-refractivity contribution in [3.8, 4) is 0 Å². The van der Waals surface area contributed by atoms with Crippen LogP contribution < -0.4 is 5.32 Å². The number of hydrogen-bond acceptors (Lipinski definition) is 3. The molecule has 1 fully saturated rings. The van der Waals surface area contributed by atoms with E-state index in [9.17, 15) is 9.90 Å². The van der Waals surface area contributed by atoms with Crippen LogP contribution in [0.5, 0.6) is 0 Å². The minimum Gasteiger partial charge on any atom is -0.394 e. The molecule has 1 saturated carbocycles. The van der Waals surface area contributed by atoms with Gasteiger partial charge in [-0.05, 0) is 44.1 Å². The number of aliphatic hydroxyl groups is 1. The number of carbonyl (C=O) groups is 1. The SMILES string of the molecule is O=C(NC1(CO)CCCCC1)c1csc2c1CCCC2. The summed E-state index contributed by atoms with van der Waals surface area (Å²) in [6.45, 7) is 0.0606. The van der Waals surface area contributed by atoms with Crippen molar-refractivity contribution in [1.82, 2.24) is 5.32 Å². The lowest BCUT2D eigenvalue weighted by Crippen LogP contribution is -2.52. The van der Waals surface area contributed by atoms with Crippen molar-refractivity contribution in [1.29, 1.82) is 0 Å². The van der Waals surface area contributed by atoms with Gasteiger partial charge in [0, 0.05) is 10.3 Å². The van der Waals surface area contributed by atoms with Crippen molar-refractivity contribution >= 4 is 17.2 Å². The van der Waals surface area contributed by atoms with Crippen LogP contribution in [0.25, 0.3) is 0 Å². The number of fused-ring (bicyclic) bond motifs is 1. The summed E-state index contributed by atoms with van der Waals surface area (Å²) < 4.78 is 0. The molecule has 110 valence electrons. The van der Waals surface area contributed by atoms with E-state index < -0.39 is 0 Å². The van der Waals surface area contributed by atoms with Crippen LogP contribution in [-0.4, -0.2) is 23.2 Å². The van der Waals surface area contributed by atoms with E-state index >= 15 is 0 Å². The highest BCUT2D eigenvalue weighted by atomic mass is 32.1. The molecular formula is C16H23NO2S. The Morgan fingerprint density at radius 3 is 2.70 bits per heavy atom. The number of amides is 1. The highest BCUT2D eigenvalue weighted by Gasteiger charge is 2.34. The number of aryl methyl sites for hydroxylation is 1. The number of carbonyl (C=O) groups excluding carboxylic acids is 1. The van der Waals surface area contributed by atoms with Gasteiger partial charge < -0.3 is 10.4 Å². The fourth-order valence-electron chi connectivity index (χ4n) is 3.54. The van der Waals surface area contributed by atoms with Crippen LogP contribution in [0.3, 0.4) is 0 Å². The average Bonchev–Trinajstić information content (AvgIpc) is 2.92. The lowest BCUT2D eigenvalue weighted by atomic mass is 9.82. The van der Waals surface area contributed by atoms with E-state index in [2.05, 4.69) is 5.32 Å². The molecule has 4 heteroatoms. The summed E-state index contributed by atoms with van der Waals surface area (Å²) in [4.78, 5) is 14.0. The van der Waals surface area contributed by atoms with Gasteiger partial charge in [0.05, 0.1) is 17.7 Å². The Morgan fingerprint density at radius 1 is 1.20 bits per heavy atom. The predicted octanol–water partition coefficient (Wildman–Crippen LogP) is 3.05. The first-order valence-corrected chi connectivity index (χ1v) is 8.65. The summed E-state index contributed by atoms with van der Waals surface area (Å²) in [5.41, 5.74) is 1.75. The largest absolute Gasteiger partial charge is 0.394 e. The van der Waals surface area contributed by atoms with Gasteiger partial charge in [0.15, 0.2) is 0 Å². The molecule has 0 aliphatic heterocycles. The van der Waals surface area contributed by atoms with E-state index in [4.69, 9.17) is 0 Å². The van der Waals surface area contributed by atoms with Crippen molar-refractivity contribution in [2.24, 2.45) is 0 Å². The Labute approximate surface area is 124 Å². The molecule has 3 nitrogen and oxygen atoms in total. The lowest BCUT2D eigenvalue weighted by molar-refractivity contribution is 0.0758. The fourth-order valence-corrected chi connectivity index (χ4v) is 4.67. The Kier molecular flexibility index (Phi) is 4.13. The van der Waals surface area contributed by atoms with E-state index in [1.807, 2.05) is 5.38 Å². The number of aliphatic hydroxyl groups excluding tert-OH is 1. The lowest BCUT2D eigenvalue weighted by Gasteiger charge is -2.36. The molecule has 1 heterocycles. The predicted molar refractivity (Wildman–Crippen MR) is 81.3 cm³/mol.